The third-order valence-electron chi connectivity index (χ3n) is 3.05. The van der Waals surface area contributed by atoms with Crippen molar-refractivity contribution in [1.82, 2.24) is 5.32 Å². The Labute approximate surface area is 120 Å². The summed E-state index contributed by atoms with van der Waals surface area (Å²) in [5.41, 5.74) is 2.45. The molecule has 106 valence electrons. The second kappa shape index (κ2) is 7.56. The average molecular weight is 271 g/mol. The molecule has 0 amide bonds. The Balaban J connectivity index is 1.89. The van der Waals surface area contributed by atoms with Crippen LogP contribution in [0.25, 0.3) is 0 Å². The highest BCUT2D eigenvalue weighted by Crippen LogP contribution is 2.20. The summed E-state index contributed by atoms with van der Waals surface area (Å²) in [5.74, 6) is 1.63. The molecule has 0 aromatic heterocycles. The van der Waals surface area contributed by atoms with E-state index in [9.17, 15) is 0 Å². The normalized spacial score (nSPS) is 10.3. The second-order valence-corrected chi connectivity index (χ2v) is 4.56. The number of hydrogen-bond donors (Lipinski definition) is 1. The van der Waals surface area contributed by atoms with Crippen LogP contribution in [-0.2, 0) is 13.2 Å². The van der Waals surface area contributed by atoms with E-state index >= 15 is 0 Å². The maximum atomic E-state index is 5.76. The fraction of sp³-hybridized carbons (Fsp3) is 0.294. The zero-order chi connectivity index (χ0) is 14.2. The molecule has 0 radical (unpaired) electrons. The van der Waals surface area contributed by atoms with Crippen LogP contribution in [0.2, 0.25) is 0 Å². The molecule has 2 aromatic carbocycles. The standard InChI is InChI=1S/C17H21NO2/c1-3-18-12-14-7-9-15(10-8-14)13-20-17-6-4-5-16(11-17)19-2/h4-11,18H,3,12-13H2,1-2H3. The van der Waals surface area contributed by atoms with Crippen LogP contribution in [0.4, 0.5) is 0 Å². The zero-order valence-corrected chi connectivity index (χ0v) is 12.1. The first-order valence-corrected chi connectivity index (χ1v) is 6.87. The van der Waals surface area contributed by atoms with Crippen molar-refractivity contribution >= 4 is 0 Å². The van der Waals surface area contributed by atoms with Gasteiger partial charge in [-0.2, -0.15) is 0 Å². The first-order chi connectivity index (χ1) is 9.81. The van der Waals surface area contributed by atoms with Crippen LogP contribution in [0.1, 0.15) is 18.1 Å². The van der Waals surface area contributed by atoms with E-state index in [4.69, 9.17) is 9.47 Å². The molecule has 0 saturated heterocycles. The fourth-order valence-electron chi connectivity index (χ4n) is 1.88. The van der Waals surface area contributed by atoms with E-state index in [0.29, 0.717) is 6.61 Å². The molecule has 2 aromatic rings. The first kappa shape index (κ1) is 14.4. The minimum atomic E-state index is 0.564. The summed E-state index contributed by atoms with van der Waals surface area (Å²) in [6.45, 7) is 4.57. The van der Waals surface area contributed by atoms with E-state index in [2.05, 4.69) is 36.5 Å². The van der Waals surface area contributed by atoms with Gasteiger partial charge >= 0.3 is 0 Å². The SMILES string of the molecule is CCNCc1ccc(COc2cccc(OC)c2)cc1. The lowest BCUT2D eigenvalue weighted by Gasteiger charge is -2.08. The number of benzene rings is 2. The highest BCUT2D eigenvalue weighted by atomic mass is 16.5. The van der Waals surface area contributed by atoms with Crippen molar-refractivity contribution in [2.24, 2.45) is 0 Å². The molecule has 0 saturated carbocycles. The molecule has 2 rings (SSSR count). The third kappa shape index (κ3) is 4.28. The quantitative estimate of drug-likeness (QED) is 0.837. The van der Waals surface area contributed by atoms with Gasteiger partial charge in [-0.25, -0.2) is 0 Å². The van der Waals surface area contributed by atoms with Gasteiger partial charge in [0.2, 0.25) is 0 Å². The van der Waals surface area contributed by atoms with Gasteiger partial charge in [0.1, 0.15) is 18.1 Å². The lowest BCUT2D eigenvalue weighted by atomic mass is 10.1. The molecule has 0 spiro atoms. The first-order valence-electron chi connectivity index (χ1n) is 6.87. The van der Waals surface area contributed by atoms with Gasteiger partial charge < -0.3 is 14.8 Å². The summed E-state index contributed by atoms with van der Waals surface area (Å²) in [5, 5.41) is 3.31. The fourth-order valence-corrected chi connectivity index (χ4v) is 1.88. The third-order valence-corrected chi connectivity index (χ3v) is 3.05. The topological polar surface area (TPSA) is 30.5 Å². The molecule has 0 aliphatic carbocycles. The summed E-state index contributed by atoms with van der Waals surface area (Å²) < 4.78 is 10.9. The summed E-state index contributed by atoms with van der Waals surface area (Å²) >= 11 is 0. The molecule has 0 bridgehead atoms. The van der Waals surface area contributed by atoms with Crippen LogP contribution in [0.5, 0.6) is 11.5 Å². The number of rotatable bonds is 7. The van der Waals surface area contributed by atoms with E-state index in [0.717, 1.165) is 30.2 Å². The Morgan fingerprint density at radius 1 is 0.950 bits per heavy atom. The summed E-state index contributed by atoms with van der Waals surface area (Å²) in [4.78, 5) is 0. The lowest BCUT2D eigenvalue weighted by Crippen LogP contribution is -2.11. The summed E-state index contributed by atoms with van der Waals surface area (Å²) in [7, 11) is 1.65. The van der Waals surface area contributed by atoms with E-state index < -0.39 is 0 Å². The Morgan fingerprint density at radius 2 is 1.65 bits per heavy atom. The molecule has 0 aliphatic rings. The predicted molar refractivity (Wildman–Crippen MR) is 81.1 cm³/mol. The molecule has 20 heavy (non-hydrogen) atoms. The van der Waals surface area contributed by atoms with E-state index in [1.54, 1.807) is 7.11 Å². The highest BCUT2D eigenvalue weighted by Gasteiger charge is 1.99. The van der Waals surface area contributed by atoms with Gasteiger partial charge in [0.25, 0.3) is 0 Å². The minimum absolute atomic E-state index is 0.564. The van der Waals surface area contributed by atoms with Crippen LogP contribution < -0.4 is 14.8 Å². The Bertz CT molecular complexity index is 523. The van der Waals surface area contributed by atoms with Gasteiger partial charge in [-0.3, -0.25) is 0 Å². The zero-order valence-electron chi connectivity index (χ0n) is 12.1. The number of methoxy groups -OCH3 is 1. The molecular formula is C17H21NO2. The maximum Gasteiger partial charge on any atom is 0.123 e. The van der Waals surface area contributed by atoms with Crippen LogP contribution in [-0.4, -0.2) is 13.7 Å². The van der Waals surface area contributed by atoms with E-state index in [1.165, 1.54) is 5.56 Å². The van der Waals surface area contributed by atoms with Crippen molar-refractivity contribution in [2.75, 3.05) is 13.7 Å². The van der Waals surface area contributed by atoms with E-state index in [1.807, 2.05) is 24.3 Å². The largest absolute Gasteiger partial charge is 0.497 e. The summed E-state index contributed by atoms with van der Waals surface area (Å²) in [6, 6.07) is 16.1. The van der Waals surface area contributed by atoms with Crippen LogP contribution in [0.3, 0.4) is 0 Å². The Kier molecular flexibility index (Phi) is 5.44. The number of hydrogen-bond acceptors (Lipinski definition) is 3. The molecule has 3 heteroatoms. The highest BCUT2D eigenvalue weighted by molar-refractivity contribution is 5.33. The minimum Gasteiger partial charge on any atom is -0.497 e. The molecule has 1 N–H and O–H groups in total. The molecule has 0 atom stereocenters. The average Bonchev–Trinajstić information content (AvgIpc) is 2.52. The van der Waals surface area contributed by atoms with Crippen LogP contribution in [0, 0.1) is 0 Å². The Hall–Kier alpha value is -2.00. The monoisotopic (exact) mass is 271 g/mol. The van der Waals surface area contributed by atoms with Crippen molar-refractivity contribution in [1.29, 1.82) is 0 Å². The molecule has 3 nitrogen and oxygen atoms in total. The lowest BCUT2D eigenvalue weighted by molar-refractivity contribution is 0.303. The van der Waals surface area contributed by atoms with Gasteiger partial charge in [-0.15, -0.1) is 0 Å². The molecule has 0 fully saturated rings. The van der Waals surface area contributed by atoms with Crippen LogP contribution >= 0.6 is 0 Å². The number of nitrogens with one attached hydrogen (secondary N) is 1. The van der Waals surface area contributed by atoms with Gasteiger partial charge in [0.05, 0.1) is 7.11 Å². The van der Waals surface area contributed by atoms with Crippen molar-refractivity contribution < 1.29 is 9.47 Å². The molecule has 0 unspecified atom stereocenters. The van der Waals surface area contributed by atoms with Gasteiger partial charge in [-0.05, 0) is 29.8 Å². The second-order valence-electron chi connectivity index (χ2n) is 4.56. The van der Waals surface area contributed by atoms with Gasteiger partial charge in [0, 0.05) is 12.6 Å². The molecule has 0 heterocycles. The smallest absolute Gasteiger partial charge is 0.123 e. The van der Waals surface area contributed by atoms with Crippen molar-refractivity contribution in [3.05, 3.63) is 59.7 Å². The van der Waals surface area contributed by atoms with Crippen LogP contribution in [0.15, 0.2) is 48.5 Å². The van der Waals surface area contributed by atoms with Crippen molar-refractivity contribution in [3.8, 4) is 11.5 Å². The molecular weight excluding hydrogens is 250 g/mol. The van der Waals surface area contributed by atoms with Gasteiger partial charge in [-0.1, -0.05) is 37.3 Å². The molecule has 0 aliphatic heterocycles. The van der Waals surface area contributed by atoms with Gasteiger partial charge in [0.15, 0.2) is 0 Å². The predicted octanol–water partition coefficient (Wildman–Crippen LogP) is 3.38. The maximum absolute atomic E-state index is 5.76. The summed E-state index contributed by atoms with van der Waals surface area (Å²) in [6.07, 6.45) is 0. The number of ether oxygens (including phenoxy) is 2. The van der Waals surface area contributed by atoms with Crippen molar-refractivity contribution in [3.63, 3.8) is 0 Å². The van der Waals surface area contributed by atoms with Crippen molar-refractivity contribution in [2.45, 2.75) is 20.1 Å². The van der Waals surface area contributed by atoms with E-state index in [-0.39, 0.29) is 0 Å². The Morgan fingerprint density at radius 3 is 2.35 bits per heavy atom.